The highest BCUT2D eigenvalue weighted by molar-refractivity contribution is 7.88. The molecule has 2 saturated heterocycles. The highest BCUT2D eigenvalue weighted by Gasteiger charge is 2.54. The fourth-order valence-electron chi connectivity index (χ4n) is 9.43. The van der Waals surface area contributed by atoms with Crippen LogP contribution in [0.15, 0.2) is 89.2 Å². The minimum Gasteiger partial charge on any atom is -0.480 e. The number of amides is 4. The van der Waals surface area contributed by atoms with Gasteiger partial charge >= 0.3 is 11.9 Å². The van der Waals surface area contributed by atoms with E-state index in [2.05, 4.69) is 27.8 Å². The average Bonchev–Trinajstić information content (AvgIpc) is 3.99. The lowest BCUT2D eigenvalue weighted by molar-refractivity contribution is -0.142. The number of ether oxygens (including phenoxy) is 1. The van der Waals surface area contributed by atoms with Gasteiger partial charge in [-0.1, -0.05) is 61.4 Å². The number of rotatable bonds is 21. The highest BCUT2D eigenvalue weighted by atomic mass is 35.5. The van der Waals surface area contributed by atoms with Gasteiger partial charge in [0.15, 0.2) is 6.61 Å². The summed E-state index contributed by atoms with van der Waals surface area (Å²) < 4.78 is 35.6. The number of allylic oxidation sites excluding steroid dienone is 4. The first-order chi connectivity index (χ1) is 31.5. The summed E-state index contributed by atoms with van der Waals surface area (Å²) in [5.41, 5.74) is 2.67. The van der Waals surface area contributed by atoms with Crippen molar-refractivity contribution >= 4 is 83.7 Å². The number of hydrogen-bond donors (Lipinski definition) is 6. The van der Waals surface area contributed by atoms with E-state index < -0.39 is 73.2 Å². The Hall–Kier alpha value is -5.56. The predicted molar refractivity (Wildman–Crippen MR) is 253 cm³/mol. The van der Waals surface area contributed by atoms with Gasteiger partial charge in [-0.05, 0) is 97.9 Å². The lowest BCUT2D eigenvalue weighted by Gasteiger charge is -2.31. The number of carboxylic acid groups (broad SMARTS) is 2. The number of hydrogen-bond acceptors (Lipinski definition) is 10. The van der Waals surface area contributed by atoms with E-state index in [1.807, 2.05) is 31.2 Å². The first kappa shape index (κ1) is 49.9. The topological polar surface area (TPSA) is 238 Å². The van der Waals surface area contributed by atoms with Gasteiger partial charge in [-0.25, -0.2) is 18.0 Å². The maximum absolute atomic E-state index is 14.3. The van der Waals surface area contributed by atoms with Crippen LogP contribution in [0.4, 0.5) is 11.4 Å². The molecule has 6 N–H and O–H groups in total. The van der Waals surface area contributed by atoms with Crippen LogP contribution in [0.3, 0.4) is 0 Å². The molecule has 4 amide bonds. The van der Waals surface area contributed by atoms with Crippen molar-refractivity contribution in [3.05, 3.63) is 100 Å². The second-order valence-electron chi connectivity index (χ2n) is 17.4. The minimum absolute atomic E-state index is 0.0435. The number of carboxylic acids is 2. The summed E-state index contributed by atoms with van der Waals surface area (Å²) in [6.07, 6.45) is 7.72. The number of unbranched alkanes of at least 4 members (excludes halogenated alkanes) is 1. The van der Waals surface area contributed by atoms with Gasteiger partial charge in [-0.3, -0.25) is 24.5 Å². The third-order valence-corrected chi connectivity index (χ3v) is 17.0. The molecule has 3 unspecified atom stereocenters. The molecule has 1 spiro atoms. The Bertz CT molecular complexity index is 2470. The molecule has 0 aromatic heterocycles. The molecule has 3 fully saturated rings. The summed E-state index contributed by atoms with van der Waals surface area (Å²) in [4.78, 5) is 75.3. The van der Waals surface area contributed by atoms with Crippen molar-refractivity contribution in [3.8, 4) is 0 Å². The Labute approximate surface area is 392 Å². The number of nitrogens with one attached hydrogen (secondary N) is 4. The lowest BCUT2D eigenvalue weighted by Crippen LogP contribution is -2.47. The molecule has 0 radical (unpaired) electrons. The van der Waals surface area contributed by atoms with E-state index in [1.54, 1.807) is 40.7 Å². The molecule has 66 heavy (non-hydrogen) atoms. The molecular formula is C47H58ClN5O11SSi. The number of carbonyl (C=O) groups is 6. The van der Waals surface area contributed by atoms with E-state index >= 15 is 0 Å². The highest BCUT2D eigenvalue weighted by Crippen LogP contribution is 2.49. The van der Waals surface area contributed by atoms with Crippen LogP contribution in [0.5, 0.6) is 0 Å². The molecule has 4 atom stereocenters. The summed E-state index contributed by atoms with van der Waals surface area (Å²) >= 11 is 6.58. The normalized spacial score (nSPS) is 21.2. The van der Waals surface area contributed by atoms with Crippen LogP contribution in [0.25, 0.3) is 5.57 Å². The third kappa shape index (κ3) is 12.1. The van der Waals surface area contributed by atoms with Crippen LogP contribution in [0.1, 0.15) is 82.3 Å². The van der Waals surface area contributed by atoms with Crippen LogP contribution in [0, 0.1) is 17.8 Å². The monoisotopic (exact) mass is 963 g/mol. The van der Waals surface area contributed by atoms with Gasteiger partial charge in [0.1, 0.15) is 5.76 Å². The maximum atomic E-state index is 14.3. The first-order valence-electron chi connectivity index (χ1n) is 22.3. The molecule has 2 aromatic carbocycles. The van der Waals surface area contributed by atoms with Crippen LogP contribution in [-0.4, -0.2) is 99.4 Å². The number of anilines is 2. The molecule has 6 rings (SSSR count). The summed E-state index contributed by atoms with van der Waals surface area (Å²) in [7, 11) is -3.15. The van der Waals surface area contributed by atoms with Gasteiger partial charge in [0.2, 0.25) is 27.7 Å². The van der Waals surface area contributed by atoms with Gasteiger partial charge < -0.3 is 30.9 Å². The van der Waals surface area contributed by atoms with Crippen molar-refractivity contribution < 1.29 is 52.1 Å². The standard InChI is InChI=1S/C47H58ClN5O11SSi/c1-4-6-14-33(29(9-5-2)23-36(43(57)49-3)34-15-16-38(54)52-45(34)59)44(58)51-31-12-7-10-28(21-31)27-65(62,63)53-19-20-66-39(25-47(53)17-18-47)50-32-13-8-11-30(22-32)35-24-37(46(60)61)42(41(35)48)64-26-40(55)56/h5,7-8,10-14,21-22,29,34,36,39,50H,2,4,6,9,15-20,23-27,66H2,1,3H3,(H,49,57)(H,51,58)(H,55,56)(H,60,61)(H,52,54,59)/b33-14+/t29?,34?,36?,39-/m0/s1. The fraction of sp³-hybridized carbons (Fsp3) is 0.447. The Morgan fingerprint density at radius 3 is 2.52 bits per heavy atom. The van der Waals surface area contributed by atoms with E-state index in [4.69, 9.17) is 21.4 Å². The largest absolute Gasteiger partial charge is 0.480 e. The molecule has 2 heterocycles. The lowest BCUT2D eigenvalue weighted by atomic mass is 9.76. The van der Waals surface area contributed by atoms with Crippen molar-refractivity contribution in [1.82, 2.24) is 14.9 Å². The van der Waals surface area contributed by atoms with Crippen LogP contribution < -0.4 is 21.3 Å². The van der Waals surface area contributed by atoms with Crippen LogP contribution in [0.2, 0.25) is 6.04 Å². The summed E-state index contributed by atoms with van der Waals surface area (Å²) in [5.74, 6) is -6.64. The number of piperidine rings is 1. The number of halogens is 1. The summed E-state index contributed by atoms with van der Waals surface area (Å²) in [6.45, 7) is 5.54. The molecule has 2 aromatic rings. The average molecular weight is 965 g/mol. The van der Waals surface area contributed by atoms with Gasteiger partial charge in [0.05, 0.1) is 28.2 Å². The van der Waals surface area contributed by atoms with E-state index in [0.29, 0.717) is 53.8 Å². The number of carbonyl (C=O) groups excluding carboxylic acids is 4. The smallest absolute Gasteiger partial charge is 0.341 e. The number of aliphatic carboxylic acids is 2. The first-order valence-corrected chi connectivity index (χ1v) is 26.1. The Morgan fingerprint density at radius 1 is 1.11 bits per heavy atom. The second kappa shape index (κ2) is 21.8. The fourth-order valence-corrected chi connectivity index (χ4v) is 14.1. The second-order valence-corrected chi connectivity index (χ2v) is 22.0. The van der Waals surface area contributed by atoms with E-state index in [1.165, 1.54) is 7.05 Å². The summed E-state index contributed by atoms with van der Waals surface area (Å²) in [6, 6.07) is 14.9. The Balaban J connectivity index is 1.13. The van der Waals surface area contributed by atoms with Crippen molar-refractivity contribution in [1.29, 1.82) is 0 Å². The zero-order valence-electron chi connectivity index (χ0n) is 37.2. The van der Waals surface area contributed by atoms with Crippen molar-refractivity contribution in [2.45, 2.75) is 94.1 Å². The van der Waals surface area contributed by atoms with E-state index in [0.717, 1.165) is 31.0 Å². The minimum atomic E-state index is -3.81. The molecule has 2 aliphatic carbocycles. The predicted octanol–water partition coefficient (Wildman–Crippen LogP) is 5.24. The SMILES string of the molecule is C=CCC(CC(C(=O)NC)C1CCC(=O)NC1=O)/C(=C\CCC)C(=O)Nc1cccc(CS(=O)(=O)N2CC[SiH2][C@H](Nc3cccc(C4=C(Cl)C(OCC(=O)O)=C(C(=O)O)C4)c3)CC23CC3)c1. The number of imide groups is 1. The number of nitrogens with zero attached hydrogens (tertiary/aromatic N) is 1. The molecule has 4 aliphatic rings. The molecule has 2 aliphatic heterocycles. The van der Waals surface area contributed by atoms with Gasteiger partial charge in [-0.2, -0.15) is 4.31 Å². The maximum Gasteiger partial charge on any atom is 0.341 e. The molecule has 0 bridgehead atoms. The number of benzene rings is 2. The zero-order valence-corrected chi connectivity index (χ0v) is 40.2. The van der Waals surface area contributed by atoms with Crippen LogP contribution in [-0.2, 0) is 49.3 Å². The van der Waals surface area contributed by atoms with Gasteiger partial charge in [0.25, 0.3) is 5.91 Å². The van der Waals surface area contributed by atoms with Gasteiger partial charge in [-0.15, -0.1) is 6.58 Å². The van der Waals surface area contributed by atoms with Crippen molar-refractivity contribution in [2.75, 3.05) is 30.8 Å². The zero-order chi connectivity index (χ0) is 47.8. The molecule has 1 saturated carbocycles. The van der Waals surface area contributed by atoms with Crippen molar-refractivity contribution in [3.63, 3.8) is 0 Å². The number of sulfonamides is 1. The molecule has 16 nitrogen and oxygen atoms in total. The van der Waals surface area contributed by atoms with Crippen molar-refractivity contribution in [2.24, 2.45) is 17.8 Å². The Morgan fingerprint density at radius 2 is 1.85 bits per heavy atom. The van der Waals surface area contributed by atoms with E-state index in [9.17, 15) is 42.3 Å². The van der Waals surface area contributed by atoms with E-state index in [-0.39, 0.29) is 65.3 Å². The van der Waals surface area contributed by atoms with Crippen LogP contribution >= 0.6 is 11.6 Å². The summed E-state index contributed by atoms with van der Waals surface area (Å²) in [5, 5.41) is 30.5. The Kier molecular flexibility index (Phi) is 16.5. The van der Waals surface area contributed by atoms with Gasteiger partial charge in [0, 0.05) is 64.1 Å². The molecule has 19 heteroatoms. The molecular weight excluding hydrogens is 906 g/mol. The quantitative estimate of drug-likeness (QED) is 0.0408. The molecule has 354 valence electrons. The third-order valence-electron chi connectivity index (χ3n) is 12.7.